The van der Waals surface area contributed by atoms with E-state index in [0.29, 0.717) is 13.2 Å². The molecule has 1 aromatic carbocycles. The maximum absolute atomic E-state index is 10.5. The van der Waals surface area contributed by atoms with E-state index in [1.165, 1.54) is 0 Å². The van der Waals surface area contributed by atoms with E-state index in [9.17, 15) is 8.42 Å². The Labute approximate surface area is 91.2 Å². The lowest BCUT2D eigenvalue weighted by molar-refractivity contribution is 0.211. The van der Waals surface area contributed by atoms with E-state index in [-0.39, 0.29) is 5.75 Å². The molecule has 84 valence electrons. The molecule has 1 aromatic rings. The fourth-order valence-corrected chi connectivity index (χ4v) is 1.72. The minimum atomic E-state index is -2.36. The Morgan fingerprint density at radius 3 is 2.87 bits per heavy atom. The Morgan fingerprint density at radius 2 is 2.20 bits per heavy atom. The Hall–Kier alpha value is -1.07. The van der Waals surface area contributed by atoms with Gasteiger partial charge in [-0.25, -0.2) is 8.42 Å². The van der Waals surface area contributed by atoms with Crippen molar-refractivity contribution in [2.45, 2.75) is 5.75 Å². The van der Waals surface area contributed by atoms with Crippen LogP contribution in [0.5, 0.6) is 0 Å². The van der Waals surface area contributed by atoms with Crippen LogP contribution >= 0.6 is 0 Å². The first-order chi connectivity index (χ1) is 7.22. The van der Waals surface area contributed by atoms with Gasteiger partial charge in [-0.1, -0.05) is 12.1 Å². The standard InChI is InChI=1S/C10H15NO3S/c1-14-6-5-11-10-4-2-3-9(7-10)8-15(12)13/h2-4,7,11,15H,5-6,8H2,1H3. The van der Waals surface area contributed by atoms with Crippen molar-refractivity contribution in [2.75, 3.05) is 25.6 Å². The number of anilines is 1. The number of rotatable bonds is 6. The van der Waals surface area contributed by atoms with Gasteiger partial charge in [0.25, 0.3) is 0 Å². The van der Waals surface area contributed by atoms with Gasteiger partial charge < -0.3 is 10.1 Å². The molecule has 0 amide bonds. The maximum atomic E-state index is 10.5. The predicted molar refractivity (Wildman–Crippen MR) is 60.8 cm³/mol. The monoisotopic (exact) mass is 229 g/mol. The van der Waals surface area contributed by atoms with E-state index in [4.69, 9.17) is 4.74 Å². The molecule has 0 atom stereocenters. The van der Waals surface area contributed by atoms with Crippen molar-refractivity contribution in [3.8, 4) is 0 Å². The third kappa shape index (κ3) is 4.80. The van der Waals surface area contributed by atoms with Crippen molar-refractivity contribution in [3.63, 3.8) is 0 Å². The quantitative estimate of drug-likeness (QED) is 0.561. The van der Waals surface area contributed by atoms with Crippen molar-refractivity contribution < 1.29 is 13.2 Å². The maximum Gasteiger partial charge on any atom is 0.144 e. The number of methoxy groups -OCH3 is 1. The minimum Gasteiger partial charge on any atom is -0.383 e. The second-order valence-electron chi connectivity index (χ2n) is 3.11. The first kappa shape index (κ1) is 12.0. The summed E-state index contributed by atoms with van der Waals surface area (Å²) in [7, 11) is -0.719. The molecule has 0 aliphatic carbocycles. The number of hydrogen-bond acceptors (Lipinski definition) is 4. The van der Waals surface area contributed by atoms with Crippen molar-refractivity contribution in [3.05, 3.63) is 29.8 Å². The molecule has 0 spiro atoms. The zero-order chi connectivity index (χ0) is 11.1. The Kier molecular flexibility index (Phi) is 5.14. The lowest BCUT2D eigenvalue weighted by Crippen LogP contribution is -2.07. The molecule has 0 aromatic heterocycles. The van der Waals surface area contributed by atoms with E-state index in [1.54, 1.807) is 13.2 Å². The normalized spacial score (nSPS) is 10.5. The van der Waals surface area contributed by atoms with Crippen molar-refractivity contribution in [1.29, 1.82) is 0 Å². The third-order valence-electron chi connectivity index (χ3n) is 1.87. The van der Waals surface area contributed by atoms with Crippen LogP contribution in [0.2, 0.25) is 0 Å². The van der Waals surface area contributed by atoms with E-state index < -0.39 is 10.7 Å². The van der Waals surface area contributed by atoms with Crippen molar-refractivity contribution in [2.24, 2.45) is 0 Å². The fourth-order valence-electron chi connectivity index (χ4n) is 1.23. The Bertz CT molecular complexity index is 369. The van der Waals surface area contributed by atoms with E-state index in [0.717, 1.165) is 11.3 Å². The number of nitrogens with one attached hydrogen (secondary N) is 1. The highest BCUT2D eigenvalue weighted by Crippen LogP contribution is 2.10. The van der Waals surface area contributed by atoms with Crippen LogP contribution in [-0.2, 0) is 21.2 Å². The molecule has 0 saturated carbocycles. The molecule has 1 rings (SSSR count). The molecule has 0 fully saturated rings. The van der Waals surface area contributed by atoms with Gasteiger partial charge in [0, 0.05) is 19.3 Å². The molecular formula is C10H15NO3S. The highest BCUT2D eigenvalue weighted by Gasteiger charge is 1.96. The summed E-state index contributed by atoms with van der Waals surface area (Å²) >= 11 is 0. The highest BCUT2D eigenvalue weighted by atomic mass is 32.2. The SMILES string of the molecule is COCCNc1cccc(C[SH](=O)=O)c1. The lowest BCUT2D eigenvalue weighted by Gasteiger charge is -2.06. The number of hydrogen-bond donors (Lipinski definition) is 2. The molecule has 0 unspecified atom stereocenters. The summed E-state index contributed by atoms with van der Waals surface area (Å²) < 4.78 is 26.0. The van der Waals surface area contributed by atoms with Gasteiger partial charge >= 0.3 is 0 Å². The molecule has 0 heterocycles. The van der Waals surface area contributed by atoms with Crippen molar-refractivity contribution in [1.82, 2.24) is 0 Å². The number of thiol groups is 1. The molecule has 15 heavy (non-hydrogen) atoms. The summed E-state index contributed by atoms with van der Waals surface area (Å²) in [6, 6.07) is 7.37. The van der Waals surface area contributed by atoms with Crippen LogP contribution in [0, 0.1) is 0 Å². The smallest absolute Gasteiger partial charge is 0.144 e. The van der Waals surface area contributed by atoms with Crippen LogP contribution in [0.1, 0.15) is 5.56 Å². The molecule has 1 N–H and O–H groups in total. The average molecular weight is 229 g/mol. The van der Waals surface area contributed by atoms with Gasteiger partial charge in [-0.2, -0.15) is 0 Å². The third-order valence-corrected chi connectivity index (χ3v) is 2.50. The second kappa shape index (κ2) is 6.42. The van der Waals surface area contributed by atoms with Crippen LogP contribution in [0.15, 0.2) is 24.3 Å². The van der Waals surface area contributed by atoms with Gasteiger partial charge in [-0.15, -0.1) is 0 Å². The largest absolute Gasteiger partial charge is 0.383 e. The average Bonchev–Trinajstić information content (AvgIpc) is 2.18. The zero-order valence-electron chi connectivity index (χ0n) is 8.60. The van der Waals surface area contributed by atoms with Crippen LogP contribution < -0.4 is 5.32 Å². The first-order valence-electron chi connectivity index (χ1n) is 4.66. The van der Waals surface area contributed by atoms with E-state index in [1.807, 2.05) is 18.2 Å². The van der Waals surface area contributed by atoms with Gasteiger partial charge in [0.05, 0.1) is 12.4 Å². The molecule has 0 saturated heterocycles. The number of benzene rings is 1. The van der Waals surface area contributed by atoms with Gasteiger partial charge in [0.2, 0.25) is 0 Å². The molecule has 0 aliphatic heterocycles. The van der Waals surface area contributed by atoms with Crippen LogP contribution in [0.3, 0.4) is 0 Å². The molecule has 0 radical (unpaired) electrons. The summed E-state index contributed by atoms with van der Waals surface area (Å²) in [5, 5.41) is 3.14. The highest BCUT2D eigenvalue weighted by molar-refractivity contribution is 7.71. The van der Waals surface area contributed by atoms with E-state index in [2.05, 4.69) is 5.32 Å². The van der Waals surface area contributed by atoms with Crippen LogP contribution in [-0.4, -0.2) is 28.7 Å². The molecule has 0 aliphatic rings. The Balaban J connectivity index is 2.57. The van der Waals surface area contributed by atoms with Gasteiger partial charge in [-0.05, 0) is 17.7 Å². The summed E-state index contributed by atoms with van der Waals surface area (Å²) in [6.07, 6.45) is 0. The van der Waals surface area contributed by atoms with Crippen LogP contribution in [0.25, 0.3) is 0 Å². The summed E-state index contributed by atoms with van der Waals surface area (Å²) in [5.41, 5.74) is 1.72. The molecule has 5 heteroatoms. The van der Waals surface area contributed by atoms with Gasteiger partial charge in [0.1, 0.15) is 10.7 Å². The van der Waals surface area contributed by atoms with Gasteiger partial charge in [0.15, 0.2) is 0 Å². The fraction of sp³-hybridized carbons (Fsp3) is 0.400. The second-order valence-corrected chi connectivity index (χ2v) is 4.09. The van der Waals surface area contributed by atoms with Crippen LogP contribution in [0.4, 0.5) is 5.69 Å². The Morgan fingerprint density at radius 1 is 1.40 bits per heavy atom. The first-order valence-corrected chi connectivity index (χ1v) is 6.02. The van der Waals surface area contributed by atoms with Crippen molar-refractivity contribution >= 4 is 16.4 Å². The lowest BCUT2D eigenvalue weighted by atomic mass is 10.2. The predicted octanol–water partition coefficient (Wildman–Crippen LogP) is 0.856. The van der Waals surface area contributed by atoms with E-state index >= 15 is 0 Å². The minimum absolute atomic E-state index is 0.0924. The topological polar surface area (TPSA) is 55.4 Å². The summed E-state index contributed by atoms with van der Waals surface area (Å²) in [4.78, 5) is 0. The molecule has 4 nitrogen and oxygen atoms in total. The molecular weight excluding hydrogens is 214 g/mol. The summed E-state index contributed by atoms with van der Waals surface area (Å²) in [5.74, 6) is 0.0924. The number of ether oxygens (including phenoxy) is 1. The van der Waals surface area contributed by atoms with Gasteiger partial charge in [-0.3, -0.25) is 0 Å². The summed E-state index contributed by atoms with van der Waals surface area (Å²) in [6.45, 7) is 1.34. The molecule has 0 bridgehead atoms. The zero-order valence-corrected chi connectivity index (χ0v) is 9.50.